The molecule has 0 saturated heterocycles. The van der Waals surface area contributed by atoms with Crippen molar-refractivity contribution in [1.82, 2.24) is 0 Å². The van der Waals surface area contributed by atoms with Crippen LogP contribution in [-0.2, 0) is 0 Å². The molecule has 0 aliphatic heterocycles. The van der Waals surface area contributed by atoms with Crippen LogP contribution in [0, 0.1) is 11.3 Å². The van der Waals surface area contributed by atoms with Gasteiger partial charge in [-0.25, -0.2) is 0 Å². The minimum atomic E-state index is 0.501. The van der Waals surface area contributed by atoms with E-state index in [0.717, 1.165) is 5.56 Å². The first-order valence-corrected chi connectivity index (χ1v) is 4.72. The summed E-state index contributed by atoms with van der Waals surface area (Å²) < 4.78 is 0.501. The van der Waals surface area contributed by atoms with Crippen molar-refractivity contribution in [3.05, 3.63) is 38.9 Å². The summed E-state index contributed by atoms with van der Waals surface area (Å²) in [5, 5.41) is 8.75. The highest BCUT2D eigenvalue weighted by Crippen LogP contribution is 2.24. The van der Waals surface area contributed by atoms with Crippen molar-refractivity contribution in [2.75, 3.05) is 0 Å². The van der Waals surface area contributed by atoms with Gasteiger partial charge >= 0.3 is 0 Å². The molecule has 60 valence electrons. The zero-order chi connectivity index (χ0) is 8.97. The van der Waals surface area contributed by atoms with Gasteiger partial charge in [-0.3, -0.25) is 0 Å². The number of benzene rings is 1. The molecule has 1 aromatic rings. The van der Waals surface area contributed by atoms with Gasteiger partial charge in [-0.1, -0.05) is 41.9 Å². The fraction of sp³-hybridized carbons (Fsp3) is 0. The second-order valence-electron chi connectivity index (χ2n) is 2.11. The van der Waals surface area contributed by atoms with E-state index in [1.807, 2.05) is 52.9 Å². The van der Waals surface area contributed by atoms with E-state index in [1.54, 1.807) is 0 Å². The second-order valence-corrected chi connectivity index (χ2v) is 4.21. The normalized spacial score (nSPS) is 11.8. The van der Waals surface area contributed by atoms with Crippen molar-refractivity contribution >= 4 is 39.8 Å². The molecular weight excluding hydrogens is 284 g/mol. The van der Waals surface area contributed by atoms with E-state index in [-0.39, 0.29) is 0 Å². The molecule has 0 spiro atoms. The van der Waals surface area contributed by atoms with E-state index in [4.69, 9.17) is 16.9 Å². The average Bonchev–Trinajstić information content (AvgIpc) is 2.07. The van der Waals surface area contributed by atoms with E-state index in [9.17, 15) is 0 Å². The quantitative estimate of drug-likeness (QED) is 0.573. The molecule has 1 nitrogen and oxygen atoms in total. The Bertz CT molecular complexity index is 333. The Labute approximate surface area is 89.8 Å². The number of allylic oxidation sites excluding steroid dienone is 1. The van der Waals surface area contributed by atoms with Crippen molar-refractivity contribution in [1.29, 1.82) is 5.26 Å². The standard InChI is InChI=1S/C9H5ClIN/c10-9(11)8(6-12)7-4-2-1-3-5-7/h1-5H. The molecule has 0 saturated carbocycles. The van der Waals surface area contributed by atoms with Crippen LogP contribution < -0.4 is 0 Å². The maximum absolute atomic E-state index is 8.75. The summed E-state index contributed by atoms with van der Waals surface area (Å²) in [6.07, 6.45) is 0. The molecule has 0 heterocycles. The zero-order valence-corrected chi connectivity index (χ0v) is 9.00. The van der Waals surface area contributed by atoms with Gasteiger partial charge in [0.2, 0.25) is 0 Å². The number of hydrogen-bond donors (Lipinski definition) is 0. The first kappa shape index (κ1) is 9.56. The molecule has 0 radical (unpaired) electrons. The molecule has 0 aliphatic rings. The van der Waals surface area contributed by atoms with Crippen molar-refractivity contribution < 1.29 is 0 Å². The van der Waals surface area contributed by atoms with Gasteiger partial charge in [-0.2, -0.15) is 5.26 Å². The van der Waals surface area contributed by atoms with Gasteiger partial charge in [0, 0.05) is 0 Å². The molecule has 0 aliphatic carbocycles. The predicted molar refractivity (Wildman–Crippen MR) is 58.8 cm³/mol. The number of nitrogens with zero attached hydrogens (tertiary/aromatic N) is 1. The Morgan fingerprint density at radius 1 is 1.33 bits per heavy atom. The van der Waals surface area contributed by atoms with Crippen LogP contribution in [0.4, 0.5) is 0 Å². The lowest BCUT2D eigenvalue weighted by atomic mass is 10.1. The number of nitriles is 1. The molecule has 1 aromatic carbocycles. The molecule has 12 heavy (non-hydrogen) atoms. The van der Waals surface area contributed by atoms with Crippen LogP contribution >= 0.6 is 34.2 Å². The maximum atomic E-state index is 8.75. The molecule has 0 aromatic heterocycles. The van der Waals surface area contributed by atoms with Crippen molar-refractivity contribution in [3.8, 4) is 6.07 Å². The van der Waals surface area contributed by atoms with Crippen LogP contribution in [0.15, 0.2) is 33.4 Å². The molecular formula is C9H5ClIN. The van der Waals surface area contributed by atoms with Crippen molar-refractivity contribution in [3.63, 3.8) is 0 Å². The smallest absolute Gasteiger partial charge is 0.102 e. The predicted octanol–water partition coefficient (Wildman–Crippen LogP) is 3.55. The van der Waals surface area contributed by atoms with Crippen LogP contribution in [0.2, 0.25) is 0 Å². The summed E-state index contributed by atoms with van der Waals surface area (Å²) in [5.41, 5.74) is 1.39. The molecule has 0 bridgehead atoms. The van der Waals surface area contributed by atoms with Gasteiger partial charge in [0.1, 0.15) is 6.07 Å². The summed E-state index contributed by atoms with van der Waals surface area (Å²) in [6, 6.07) is 11.4. The van der Waals surface area contributed by atoms with Crippen molar-refractivity contribution in [2.45, 2.75) is 0 Å². The van der Waals surface area contributed by atoms with Gasteiger partial charge in [-0.05, 0) is 28.2 Å². The van der Waals surface area contributed by atoms with Gasteiger partial charge in [0.05, 0.1) is 8.61 Å². The summed E-state index contributed by atoms with van der Waals surface area (Å²) in [5.74, 6) is 0. The molecule has 1 rings (SSSR count). The Hall–Kier alpha value is -0.530. The molecule has 0 amide bonds. The lowest BCUT2D eigenvalue weighted by molar-refractivity contribution is 1.52. The van der Waals surface area contributed by atoms with E-state index < -0.39 is 0 Å². The molecule has 3 heteroatoms. The molecule has 0 atom stereocenters. The summed E-state index contributed by atoms with van der Waals surface area (Å²) in [7, 11) is 0. The van der Waals surface area contributed by atoms with Gasteiger partial charge in [-0.15, -0.1) is 0 Å². The van der Waals surface area contributed by atoms with Crippen LogP contribution in [0.3, 0.4) is 0 Å². The minimum absolute atomic E-state index is 0.501. The zero-order valence-electron chi connectivity index (χ0n) is 6.09. The monoisotopic (exact) mass is 289 g/mol. The Morgan fingerprint density at radius 2 is 1.92 bits per heavy atom. The van der Waals surface area contributed by atoms with Crippen LogP contribution in [0.25, 0.3) is 5.57 Å². The number of rotatable bonds is 1. The van der Waals surface area contributed by atoms with Crippen LogP contribution in [-0.4, -0.2) is 0 Å². The molecule has 0 N–H and O–H groups in total. The van der Waals surface area contributed by atoms with E-state index >= 15 is 0 Å². The number of hydrogen-bond acceptors (Lipinski definition) is 1. The van der Waals surface area contributed by atoms with Crippen LogP contribution in [0.1, 0.15) is 5.56 Å². The van der Waals surface area contributed by atoms with Gasteiger partial charge in [0.15, 0.2) is 0 Å². The third-order valence-electron chi connectivity index (χ3n) is 1.36. The van der Waals surface area contributed by atoms with Crippen molar-refractivity contribution in [2.24, 2.45) is 0 Å². The van der Waals surface area contributed by atoms with Gasteiger partial charge in [0.25, 0.3) is 0 Å². The minimum Gasteiger partial charge on any atom is -0.192 e. The first-order valence-electron chi connectivity index (χ1n) is 3.26. The Balaban J connectivity index is 3.17. The fourth-order valence-corrected chi connectivity index (χ4v) is 1.40. The Kier molecular flexibility index (Phi) is 3.57. The third-order valence-corrected chi connectivity index (χ3v) is 2.09. The maximum Gasteiger partial charge on any atom is 0.102 e. The average molecular weight is 290 g/mol. The topological polar surface area (TPSA) is 23.8 Å². The second kappa shape index (κ2) is 4.48. The van der Waals surface area contributed by atoms with Gasteiger partial charge < -0.3 is 0 Å². The highest BCUT2D eigenvalue weighted by Gasteiger charge is 2.02. The van der Waals surface area contributed by atoms with Crippen LogP contribution in [0.5, 0.6) is 0 Å². The lowest BCUT2D eigenvalue weighted by Crippen LogP contribution is -1.79. The SMILES string of the molecule is N#CC(=C(Cl)I)c1ccccc1. The van der Waals surface area contributed by atoms with E-state index in [0.29, 0.717) is 8.61 Å². The lowest BCUT2D eigenvalue weighted by Gasteiger charge is -1.96. The number of halogens is 2. The Morgan fingerprint density at radius 3 is 2.33 bits per heavy atom. The molecule has 0 fully saturated rings. The van der Waals surface area contributed by atoms with E-state index in [2.05, 4.69) is 6.07 Å². The highest BCUT2D eigenvalue weighted by atomic mass is 127. The largest absolute Gasteiger partial charge is 0.192 e. The highest BCUT2D eigenvalue weighted by molar-refractivity contribution is 14.1. The first-order chi connectivity index (χ1) is 5.75. The fourth-order valence-electron chi connectivity index (χ4n) is 0.821. The molecule has 0 unspecified atom stereocenters. The summed E-state index contributed by atoms with van der Waals surface area (Å²) >= 11 is 7.65. The summed E-state index contributed by atoms with van der Waals surface area (Å²) in [6.45, 7) is 0. The third kappa shape index (κ3) is 2.23. The van der Waals surface area contributed by atoms with E-state index in [1.165, 1.54) is 0 Å². The summed E-state index contributed by atoms with van der Waals surface area (Å²) in [4.78, 5) is 0.